The zero-order valence-corrected chi connectivity index (χ0v) is 19.9. The standard InChI is InChI=1S/C26H37N5O2/c1-26(2)20-7-6-19(21(26)14-20)17-30(16-18-8-10-27-11-9-18)24(32)15-29-25(33)22-4-3-5-23-28-12-13-31(22)23/h3-5,12-13,18-21,27H,6-11,14-17H2,1-2H3,(H,29,33)/t19-,20+,21+/m0/s1. The lowest BCUT2D eigenvalue weighted by Crippen LogP contribution is -2.56. The lowest BCUT2D eigenvalue weighted by molar-refractivity contribution is -0.139. The van der Waals surface area contributed by atoms with E-state index < -0.39 is 0 Å². The van der Waals surface area contributed by atoms with Crippen LogP contribution in [-0.4, -0.2) is 58.8 Å². The molecule has 0 aromatic carbocycles. The van der Waals surface area contributed by atoms with E-state index in [0.29, 0.717) is 28.9 Å². The molecule has 0 unspecified atom stereocenters. The molecular formula is C26H37N5O2. The van der Waals surface area contributed by atoms with Crippen LogP contribution in [0.5, 0.6) is 0 Å². The molecule has 0 spiro atoms. The fraction of sp³-hybridized carbons (Fsp3) is 0.654. The molecule has 7 nitrogen and oxygen atoms in total. The molecule has 2 aromatic rings. The van der Waals surface area contributed by atoms with Crippen LogP contribution in [-0.2, 0) is 4.79 Å². The number of carbonyl (C=O) groups excluding carboxylic acids is 2. The SMILES string of the molecule is CC1(C)[C@@H]2CC[C@@H](CN(CC3CCNCC3)C(=O)CNC(=O)c3cccc4nccn34)[C@H]1C2. The Morgan fingerprint density at radius 2 is 2.00 bits per heavy atom. The van der Waals surface area contributed by atoms with E-state index in [1.807, 2.05) is 12.1 Å². The van der Waals surface area contributed by atoms with Crippen LogP contribution in [0.25, 0.3) is 5.65 Å². The van der Waals surface area contributed by atoms with E-state index in [9.17, 15) is 9.59 Å². The van der Waals surface area contributed by atoms with E-state index in [0.717, 1.165) is 50.6 Å². The Labute approximate surface area is 196 Å². The van der Waals surface area contributed by atoms with Gasteiger partial charge in [0.05, 0.1) is 6.54 Å². The second-order valence-electron chi connectivity index (χ2n) is 10.9. The maximum atomic E-state index is 13.4. The van der Waals surface area contributed by atoms with Gasteiger partial charge in [-0.2, -0.15) is 0 Å². The number of amides is 2. The molecule has 2 bridgehead atoms. The maximum Gasteiger partial charge on any atom is 0.268 e. The molecule has 2 aromatic heterocycles. The van der Waals surface area contributed by atoms with Crippen molar-refractivity contribution in [2.45, 2.75) is 46.0 Å². The van der Waals surface area contributed by atoms with Crippen molar-refractivity contribution in [2.24, 2.45) is 29.1 Å². The van der Waals surface area contributed by atoms with E-state index >= 15 is 0 Å². The summed E-state index contributed by atoms with van der Waals surface area (Å²) in [5.41, 5.74) is 1.63. The van der Waals surface area contributed by atoms with Gasteiger partial charge >= 0.3 is 0 Å². The predicted molar refractivity (Wildman–Crippen MR) is 128 cm³/mol. The van der Waals surface area contributed by atoms with Crippen LogP contribution in [0.1, 0.15) is 56.4 Å². The average Bonchev–Trinajstić information content (AvgIpc) is 3.31. The van der Waals surface area contributed by atoms with Crippen LogP contribution in [0.3, 0.4) is 0 Å². The third-order valence-corrected chi connectivity index (χ3v) is 8.81. The number of hydrogen-bond donors (Lipinski definition) is 2. The molecular weight excluding hydrogens is 414 g/mol. The summed E-state index contributed by atoms with van der Waals surface area (Å²) < 4.78 is 1.75. The molecule has 0 radical (unpaired) electrons. The summed E-state index contributed by atoms with van der Waals surface area (Å²) in [6.07, 6.45) is 9.50. The Bertz CT molecular complexity index is 1010. The molecule has 4 aliphatic rings. The van der Waals surface area contributed by atoms with Crippen LogP contribution in [0.15, 0.2) is 30.6 Å². The zero-order chi connectivity index (χ0) is 23.0. The largest absolute Gasteiger partial charge is 0.342 e. The number of piperidine rings is 1. The monoisotopic (exact) mass is 451 g/mol. The highest BCUT2D eigenvalue weighted by molar-refractivity contribution is 5.95. The Kier molecular flexibility index (Phi) is 6.16. The summed E-state index contributed by atoms with van der Waals surface area (Å²) in [6.45, 7) is 8.55. The van der Waals surface area contributed by atoms with E-state index in [-0.39, 0.29) is 18.4 Å². The van der Waals surface area contributed by atoms with Gasteiger partial charge in [0.25, 0.3) is 5.91 Å². The van der Waals surface area contributed by atoms with Gasteiger partial charge in [0.1, 0.15) is 11.3 Å². The Morgan fingerprint density at radius 1 is 1.18 bits per heavy atom. The first-order valence-corrected chi connectivity index (χ1v) is 12.6. The third kappa shape index (κ3) is 4.39. The number of hydrogen-bond acceptors (Lipinski definition) is 4. The second-order valence-corrected chi connectivity index (χ2v) is 10.9. The molecule has 3 saturated carbocycles. The van der Waals surface area contributed by atoms with Gasteiger partial charge < -0.3 is 15.5 Å². The van der Waals surface area contributed by atoms with E-state index in [1.54, 1.807) is 22.9 Å². The van der Waals surface area contributed by atoms with Gasteiger partial charge in [-0.25, -0.2) is 4.98 Å². The Morgan fingerprint density at radius 3 is 2.76 bits per heavy atom. The van der Waals surface area contributed by atoms with Crippen LogP contribution in [0, 0.1) is 29.1 Å². The minimum absolute atomic E-state index is 0.0400. The first-order valence-electron chi connectivity index (χ1n) is 12.6. The minimum Gasteiger partial charge on any atom is -0.342 e. The summed E-state index contributed by atoms with van der Waals surface area (Å²) in [6, 6.07) is 5.44. The van der Waals surface area contributed by atoms with Gasteiger partial charge in [0.15, 0.2) is 0 Å². The fourth-order valence-corrected chi connectivity index (χ4v) is 6.61. The molecule has 4 fully saturated rings. The number of rotatable bonds is 7. The molecule has 1 aliphatic heterocycles. The number of aromatic nitrogens is 2. The lowest BCUT2D eigenvalue weighted by Gasteiger charge is -2.60. The molecule has 2 N–H and O–H groups in total. The molecule has 33 heavy (non-hydrogen) atoms. The van der Waals surface area contributed by atoms with Crippen molar-refractivity contribution < 1.29 is 9.59 Å². The normalized spacial score (nSPS) is 26.5. The quantitative estimate of drug-likeness (QED) is 0.678. The van der Waals surface area contributed by atoms with E-state index in [2.05, 4.69) is 34.4 Å². The highest BCUT2D eigenvalue weighted by atomic mass is 16.2. The molecule has 1 saturated heterocycles. The number of nitrogens with zero attached hydrogens (tertiary/aromatic N) is 3. The molecule has 3 atom stereocenters. The van der Waals surface area contributed by atoms with Gasteiger partial charge in [0, 0.05) is 25.5 Å². The van der Waals surface area contributed by atoms with Crippen molar-refractivity contribution >= 4 is 17.5 Å². The van der Waals surface area contributed by atoms with Gasteiger partial charge in [-0.05, 0) is 86.4 Å². The summed E-state index contributed by atoms with van der Waals surface area (Å²) in [5, 5.41) is 6.31. The molecule has 2 amide bonds. The first kappa shape index (κ1) is 22.4. The number of fused-ring (bicyclic) bond motifs is 3. The average molecular weight is 452 g/mol. The number of pyridine rings is 1. The number of imidazole rings is 1. The molecule has 178 valence electrons. The minimum atomic E-state index is -0.241. The van der Waals surface area contributed by atoms with E-state index in [4.69, 9.17) is 0 Å². The van der Waals surface area contributed by atoms with Crippen molar-refractivity contribution in [1.82, 2.24) is 24.9 Å². The highest BCUT2D eigenvalue weighted by Gasteiger charge is 2.54. The van der Waals surface area contributed by atoms with E-state index in [1.165, 1.54) is 19.3 Å². The van der Waals surface area contributed by atoms with Crippen LogP contribution >= 0.6 is 0 Å². The van der Waals surface area contributed by atoms with Crippen molar-refractivity contribution in [2.75, 3.05) is 32.7 Å². The molecule has 6 rings (SSSR count). The molecule has 7 heteroatoms. The summed E-state index contributed by atoms with van der Waals surface area (Å²) >= 11 is 0. The van der Waals surface area contributed by atoms with Crippen LogP contribution in [0.2, 0.25) is 0 Å². The Balaban J connectivity index is 1.25. The molecule has 3 aliphatic carbocycles. The summed E-state index contributed by atoms with van der Waals surface area (Å²) in [5.74, 6) is 2.49. The predicted octanol–water partition coefficient (Wildman–Crippen LogP) is 2.96. The van der Waals surface area contributed by atoms with Crippen molar-refractivity contribution in [3.05, 3.63) is 36.3 Å². The van der Waals surface area contributed by atoms with Crippen LogP contribution < -0.4 is 10.6 Å². The second kappa shape index (κ2) is 9.09. The van der Waals surface area contributed by atoms with Crippen LogP contribution in [0.4, 0.5) is 0 Å². The van der Waals surface area contributed by atoms with Gasteiger partial charge in [-0.15, -0.1) is 0 Å². The molecule has 3 heterocycles. The maximum absolute atomic E-state index is 13.4. The first-order chi connectivity index (χ1) is 15.9. The summed E-state index contributed by atoms with van der Waals surface area (Å²) in [4.78, 5) is 32.6. The fourth-order valence-electron chi connectivity index (χ4n) is 6.61. The van der Waals surface area contributed by atoms with Gasteiger partial charge in [-0.3, -0.25) is 14.0 Å². The zero-order valence-electron chi connectivity index (χ0n) is 19.9. The topological polar surface area (TPSA) is 78.7 Å². The highest BCUT2D eigenvalue weighted by Crippen LogP contribution is 2.61. The summed E-state index contributed by atoms with van der Waals surface area (Å²) in [7, 11) is 0. The Hall–Kier alpha value is -2.41. The smallest absolute Gasteiger partial charge is 0.268 e. The van der Waals surface area contributed by atoms with Crippen molar-refractivity contribution in [3.8, 4) is 0 Å². The lowest BCUT2D eigenvalue weighted by atomic mass is 9.45. The van der Waals surface area contributed by atoms with Crippen molar-refractivity contribution in [1.29, 1.82) is 0 Å². The van der Waals surface area contributed by atoms with Crippen molar-refractivity contribution in [3.63, 3.8) is 0 Å². The third-order valence-electron chi connectivity index (χ3n) is 8.81. The number of nitrogens with one attached hydrogen (secondary N) is 2. The van der Waals surface area contributed by atoms with Gasteiger partial charge in [0.2, 0.25) is 5.91 Å². The number of carbonyl (C=O) groups is 2. The van der Waals surface area contributed by atoms with Gasteiger partial charge in [-0.1, -0.05) is 19.9 Å².